The maximum Gasteiger partial charge on any atom is 0.251 e. The van der Waals surface area contributed by atoms with Crippen LogP contribution in [0.2, 0.25) is 0 Å². The van der Waals surface area contributed by atoms with Gasteiger partial charge in [-0.05, 0) is 32.4 Å². The Kier molecular flexibility index (Phi) is 24.3. The summed E-state index contributed by atoms with van der Waals surface area (Å²) in [4.78, 5) is 11.8. The summed E-state index contributed by atoms with van der Waals surface area (Å²) in [5.74, 6) is -0.840. The minimum atomic E-state index is -1.89. The van der Waals surface area contributed by atoms with Crippen LogP contribution in [0.4, 0.5) is 0 Å². The second kappa shape index (κ2) is 24.9. The van der Waals surface area contributed by atoms with Gasteiger partial charge in [0.1, 0.15) is 18.3 Å². The van der Waals surface area contributed by atoms with Crippen molar-refractivity contribution < 1.29 is 35.1 Å². The van der Waals surface area contributed by atoms with Crippen molar-refractivity contribution >= 4 is 5.91 Å². The second-order valence-electron chi connectivity index (χ2n) is 9.43. The van der Waals surface area contributed by atoms with Crippen molar-refractivity contribution in [1.29, 1.82) is 0 Å². The number of unbranched alkanes of at least 4 members (excludes halogenated alkanes) is 11. The molecule has 0 rings (SSSR count). The quantitative estimate of drug-likeness (QED) is 0.0875. The van der Waals surface area contributed by atoms with Gasteiger partial charge in [0.25, 0.3) is 5.91 Å². The molecule has 0 aromatic carbocycles. The van der Waals surface area contributed by atoms with Crippen molar-refractivity contribution in [1.82, 2.24) is 10.6 Å². The van der Waals surface area contributed by atoms with Gasteiger partial charge >= 0.3 is 0 Å². The lowest BCUT2D eigenvalue weighted by molar-refractivity contribution is -0.148. The van der Waals surface area contributed by atoms with Crippen LogP contribution in [0.1, 0.15) is 96.8 Å². The lowest BCUT2D eigenvalue weighted by Gasteiger charge is -2.24. The van der Waals surface area contributed by atoms with Gasteiger partial charge < -0.3 is 40.9 Å². The predicted molar refractivity (Wildman–Crippen MR) is 138 cm³/mol. The van der Waals surface area contributed by atoms with Gasteiger partial charge in [0.05, 0.1) is 6.61 Å². The molecule has 0 aliphatic heterocycles. The number of rotatable bonds is 26. The zero-order valence-electron chi connectivity index (χ0n) is 22.0. The number of aliphatic hydroxyl groups excluding tert-OH is 5. The highest BCUT2D eigenvalue weighted by atomic mass is 16.5. The van der Waals surface area contributed by atoms with Crippen molar-refractivity contribution in [3.63, 3.8) is 0 Å². The van der Waals surface area contributed by atoms with Crippen molar-refractivity contribution in [3.05, 3.63) is 0 Å². The van der Waals surface area contributed by atoms with E-state index in [0.717, 1.165) is 32.6 Å². The molecule has 0 aromatic heterocycles. The number of hydrogen-bond acceptors (Lipinski definition) is 8. The van der Waals surface area contributed by atoms with Gasteiger partial charge in [0.2, 0.25) is 0 Å². The topological polar surface area (TPSA) is 152 Å². The minimum absolute atomic E-state index is 0.295. The average molecular weight is 507 g/mol. The molecule has 0 saturated heterocycles. The molecule has 0 aliphatic carbocycles. The molecule has 9 nitrogen and oxygen atoms in total. The van der Waals surface area contributed by atoms with E-state index in [-0.39, 0.29) is 0 Å². The molecule has 35 heavy (non-hydrogen) atoms. The first-order valence-electron chi connectivity index (χ1n) is 13.8. The first-order chi connectivity index (χ1) is 17.0. The molecular weight excluding hydrogens is 452 g/mol. The number of aliphatic hydroxyl groups is 5. The molecular formula is C26H54N2O7. The molecule has 0 fully saturated rings. The Balaban J connectivity index is 3.37. The van der Waals surface area contributed by atoms with Crippen LogP contribution in [0.5, 0.6) is 0 Å². The van der Waals surface area contributed by atoms with Gasteiger partial charge in [-0.3, -0.25) is 4.79 Å². The maximum atomic E-state index is 11.8. The van der Waals surface area contributed by atoms with E-state index in [1.807, 2.05) is 0 Å². The van der Waals surface area contributed by atoms with E-state index < -0.39 is 36.9 Å². The third-order valence-corrected chi connectivity index (χ3v) is 6.14. The Morgan fingerprint density at radius 2 is 1.20 bits per heavy atom. The largest absolute Gasteiger partial charge is 0.394 e. The van der Waals surface area contributed by atoms with Crippen molar-refractivity contribution in [2.75, 3.05) is 39.5 Å². The van der Waals surface area contributed by atoms with E-state index in [2.05, 4.69) is 17.6 Å². The molecule has 1 amide bonds. The number of hydrogen-bond donors (Lipinski definition) is 7. The molecule has 7 N–H and O–H groups in total. The molecule has 0 bridgehead atoms. The summed E-state index contributed by atoms with van der Waals surface area (Å²) in [6.07, 6.45) is 10.4. The number of carbonyl (C=O) groups excluding carboxylic acids is 1. The maximum absolute atomic E-state index is 11.8. The standard InChI is InChI=1S/C26H54N2O7/c1-2-3-4-5-6-7-8-9-10-11-12-13-19-35-20-15-17-27-16-14-18-28-26(34)25(33)24(32)23(31)22(30)21-29/h22-25,27,29-33H,2-21H2,1H3,(H,28,34)/t22-,23-,24+,25-/m1/s1. The van der Waals surface area contributed by atoms with Crippen LogP contribution in [-0.4, -0.2) is 95.3 Å². The van der Waals surface area contributed by atoms with Gasteiger partial charge in [-0.25, -0.2) is 0 Å². The van der Waals surface area contributed by atoms with Gasteiger partial charge in [0, 0.05) is 19.8 Å². The lowest BCUT2D eigenvalue weighted by atomic mass is 10.0. The number of nitrogens with one attached hydrogen (secondary N) is 2. The Morgan fingerprint density at radius 1 is 0.686 bits per heavy atom. The SMILES string of the molecule is CCCCCCCCCCCCCCOCCCNCCCNC(=O)[C@H](O)[C@@H](O)[C@H](O)[C@H](O)CO. The first kappa shape index (κ1) is 34.2. The Morgan fingerprint density at radius 3 is 1.77 bits per heavy atom. The summed E-state index contributed by atoms with van der Waals surface area (Å²) in [7, 11) is 0. The van der Waals surface area contributed by atoms with Crippen LogP contribution in [0.25, 0.3) is 0 Å². The molecule has 0 aliphatic rings. The van der Waals surface area contributed by atoms with Crippen molar-refractivity contribution in [3.8, 4) is 0 Å². The van der Waals surface area contributed by atoms with Crippen molar-refractivity contribution in [2.24, 2.45) is 0 Å². The molecule has 4 atom stereocenters. The van der Waals surface area contributed by atoms with E-state index in [1.54, 1.807) is 0 Å². The summed E-state index contributed by atoms with van der Waals surface area (Å²) in [6, 6.07) is 0. The molecule has 0 aromatic rings. The molecule has 0 spiro atoms. The number of amides is 1. The normalized spacial score (nSPS) is 15.0. The fourth-order valence-corrected chi connectivity index (χ4v) is 3.78. The van der Waals surface area contributed by atoms with Crippen LogP contribution in [0, 0.1) is 0 Å². The van der Waals surface area contributed by atoms with E-state index in [0.29, 0.717) is 19.5 Å². The highest BCUT2D eigenvalue weighted by Crippen LogP contribution is 2.12. The molecule has 9 heteroatoms. The zero-order valence-corrected chi connectivity index (χ0v) is 22.0. The highest BCUT2D eigenvalue weighted by Gasteiger charge is 2.33. The Labute approximate surface area is 212 Å². The van der Waals surface area contributed by atoms with E-state index in [9.17, 15) is 25.2 Å². The zero-order chi connectivity index (χ0) is 26.2. The summed E-state index contributed by atoms with van der Waals surface area (Å²) >= 11 is 0. The smallest absolute Gasteiger partial charge is 0.251 e. The van der Waals surface area contributed by atoms with Crippen LogP contribution < -0.4 is 10.6 Å². The summed E-state index contributed by atoms with van der Waals surface area (Å²) in [5.41, 5.74) is 0. The predicted octanol–water partition coefficient (Wildman–Crippen LogP) is 1.63. The van der Waals surface area contributed by atoms with Crippen LogP contribution in [-0.2, 0) is 9.53 Å². The number of carbonyl (C=O) groups is 1. The van der Waals surface area contributed by atoms with E-state index >= 15 is 0 Å². The van der Waals surface area contributed by atoms with Crippen LogP contribution in [0.15, 0.2) is 0 Å². The van der Waals surface area contributed by atoms with Crippen molar-refractivity contribution in [2.45, 2.75) is 121 Å². The Hall–Kier alpha value is -0.810. The second-order valence-corrected chi connectivity index (χ2v) is 9.43. The van der Waals surface area contributed by atoms with Gasteiger partial charge in [-0.15, -0.1) is 0 Å². The average Bonchev–Trinajstić information content (AvgIpc) is 2.87. The molecule has 210 valence electrons. The lowest BCUT2D eigenvalue weighted by Crippen LogP contribution is -2.51. The van der Waals surface area contributed by atoms with Gasteiger partial charge in [0.15, 0.2) is 6.10 Å². The summed E-state index contributed by atoms with van der Waals surface area (Å²) in [6.45, 7) is 4.82. The fraction of sp³-hybridized carbons (Fsp3) is 0.962. The fourth-order valence-electron chi connectivity index (χ4n) is 3.78. The monoisotopic (exact) mass is 506 g/mol. The minimum Gasteiger partial charge on any atom is -0.394 e. The third-order valence-electron chi connectivity index (χ3n) is 6.14. The molecule has 0 heterocycles. The van der Waals surface area contributed by atoms with Gasteiger partial charge in [-0.1, -0.05) is 77.6 Å². The van der Waals surface area contributed by atoms with E-state index in [1.165, 1.54) is 70.6 Å². The molecule has 0 unspecified atom stereocenters. The first-order valence-corrected chi connectivity index (χ1v) is 13.8. The van der Waals surface area contributed by atoms with Crippen LogP contribution >= 0.6 is 0 Å². The summed E-state index contributed by atoms with van der Waals surface area (Å²) < 4.78 is 5.68. The number of ether oxygens (including phenoxy) is 1. The molecule has 0 radical (unpaired) electrons. The van der Waals surface area contributed by atoms with E-state index in [4.69, 9.17) is 9.84 Å². The molecule has 0 saturated carbocycles. The summed E-state index contributed by atoms with van der Waals surface area (Å²) in [5, 5.41) is 52.7. The highest BCUT2D eigenvalue weighted by molar-refractivity contribution is 5.81. The third kappa shape index (κ3) is 20.0. The van der Waals surface area contributed by atoms with Gasteiger partial charge in [-0.2, -0.15) is 0 Å². The Bertz CT molecular complexity index is 471. The van der Waals surface area contributed by atoms with Crippen LogP contribution in [0.3, 0.4) is 0 Å².